The molecule has 2 heterocycles. The molecule has 1 saturated heterocycles. The number of rotatable bonds is 5. The van der Waals surface area contributed by atoms with Crippen LogP contribution < -0.4 is 5.32 Å². The largest absolute Gasteiger partial charge is 0.353 e. The third-order valence-electron chi connectivity index (χ3n) is 4.92. The lowest BCUT2D eigenvalue weighted by atomic mass is 10.0. The monoisotopic (exact) mass is 419 g/mol. The fraction of sp³-hybridized carbons (Fsp3) is 0.474. The van der Waals surface area contributed by atoms with Crippen LogP contribution in [-0.4, -0.2) is 41.0 Å². The number of amides is 1. The normalized spacial score (nSPS) is 19.1. The molecule has 0 atom stereocenters. The average Bonchev–Trinajstić information content (AvgIpc) is 3.35. The molecule has 1 amide bonds. The smallest absolute Gasteiger partial charge is 0.226 e. The molecule has 132 valence electrons. The van der Waals surface area contributed by atoms with E-state index in [-0.39, 0.29) is 5.91 Å². The predicted molar refractivity (Wildman–Crippen MR) is 105 cm³/mol. The van der Waals surface area contributed by atoms with Gasteiger partial charge in [-0.3, -0.25) is 4.79 Å². The molecule has 0 spiro atoms. The minimum atomic E-state index is 0.0935. The van der Waals surface area contributed by atoms with Crippen LogP contribution in [0.4, 0.5) is 0 Å². The van der Waals surface area contributed by atoms with Gasteiger partial charge >= 0.3 is 0 Å². The van der Waals surface area contributed by atoms with Crippen LogP contribution in [0.15, 0.2) is 34.1 Å². The van der Waals surface area contributed by atoms with E-state index >= 15 is 0 Å². The molecule has 1 aromatic carbocycles. The van der Waals surface area contributed by atoms with Crippen molar-refractivity contribution in [2.45, 2.75) is 44.2 Å². The molecule has 0 bridgehead atoms. The molecule has 25 heavy (non-hydrogen) atoms. The lowest BCUT2D eigenvalue weighted by molar-refractivity contribution is -0.121. The molecule has 2 aromatic rings. The van der Waals surface area contributed by atoms with E-state index < -0.39 is 0 Å². The summed E-state index contributed by atoms with van der Waals surface area (Å²) >= 11 is 5.08. The van der Waals surface area contributed by atoms with E-state index in [9.17, 15) is 4.79 Å². The maximum atomic E-state index is 12.3. The van der Waals surface area contributed by atoms with Gasteiger partial charge in [0.15, 0.2) is 0 Å². The summed E-state index contributed by atoms with van der Waals surface area (Å²) in [6, 6.07) is 9.26. The number of carbonyl (C=O) groups excluding carboxylic acids is 1. The summed E-state index contributed by atoms with van der Waals surface area (Å²) < 4.78 is 1.04. The Morgan fingerprint density at radius 3 is 2.80 bits per heavy atom. The van der Waals surface area contributed by atoms with Gasteiger partial charge in [-0.05, 0) is 37.8 Å². The quantitative estimate of drug-likeness (QED) is 0.799. The van der Waals surface area contributed by atoms with Gasteiger partial charge in [0.1, 0.15) is 5.01 Å². The van der Waals surface area contributed by atoms with Gasteiger partial charge in [-0.2, -0.15) is 0 Å². The molecule has 1 saturated carbocycles. The van der Waals surface area contributed by atoms with E-state index in [1.54, 1.807) is 11.3 Å². The van der Waals surface area contributed by atoms with Crippen molar-refractivity contribution in [2.75, 3.05) is 13.1 Å². The van der Waals surface area contributed by atoms with Gasteiger partial charge in [-0.15, -0.1) is 11.3 Å². The minimum Gasteiger partial charge on any atom is -0.353 e. The third kappa shape index (κ3) is 4.49. The van der Waals surface area contributed by atoms with Crippen molar-refractivity contribution < 1.29 is 4.79 Å². The van der Waals surface area contributed by atoms with Gasteiger partial charge < -0.3 is 10.2 Å². The molecule has 1 aliphatic carbocycles. The van der Waals surface area contributed by atoms with Crippen molar-refractivity contribution in [2.24, 2.45) is 0 Å². The molecule has 1 N–H and O–H groups in total. The van der Waals surface area contributed by atoms with Crippen LogP contribution in [0.3, 0.4) is 0 Å². The molecule has 1 aromatic heterocycles. The first kappa shape index (κ1) is 17.2. The first-order valence-electron chi connectivity index (χ1n) is 8.91. The van der Waals surface area contributed by atoms with Crippen LogP contribution in [0.25, 0.3) is 10.6 Å². The maximum absolute atomic E-state index is 12.3. The van der Waals surface area contributed by atoms with E-state index in [2.05, 4.69) is 37.2 Å². The molecule has 2 aliphatic rings. The van der Waals surface area contributed by atoms with Crippen molar-refractivity contribution in [3.63, 3.8) is 0 Å². The standard InChI is InChI=1S/C19H22BrN3OS/c20-14-3-1-2-13(10-14)19-22-16(12-25-19)11-18(24)21-15-6-8-23(9-7-15)17-4-5-17/h1-3,10,12,15,17H,4-9,11H2,(H,21,24). The number of likely N-dealkylation sites (tertiary alicyclic amines) is 1. The van der Waals surface area contributed by atoms with Gasteiger partial charge in [0.05, 0.1) is 12.1 Å². The molecule has 6 heteroatoms. The zero-order chi connectivity index (χ0) is 17.2. The fourth-order valence-electron chi connectivity index (χ4n) is 3.43. The molecule has 2 fully saturated rings. The highest BCUT2D eigenvalue weighted by Gasteiger charge is 2.32. The van der Waals surface area contributed by atoms with Crippen molar-refractivity contribution >= 4 is 33.2 Å². The molecule has 4 rings (SSSR count). The van der Waals surface area contributed by atoms with Gasteiger partial charge in [0.25, 0.3) is 0 Å². The minimum absolute atomic E-state index is 0.0935. The Kier molecular flexibility index (Phi) is 5.20. The van der Waals surface area contributed by atoms with Crippen LogP contribution in [0.1, 0.15) is 31.4 Å². The zero-order valence-corrected chi connectivity index (χ0v) is 16.5. The molecule has 0 radical (unpaired) electrons. The number of halogens is 1. The number of hydrogen-bond acceptors (Lipinski definition) is 4. The van der Waals surface area contributed by atoms with E-state index in [0.29, 0.717) is 12.5 Å². The Bertz CT molecular complexity index is 751. The van der Waals surface area contributed by atoms with Gasteiger partial charge in [0.2, 0.25) is 5.91 Å². The SMILES string of the molecule is O=C(Cc1csc(-c2cccc(Br)c2)n1)NC1CCN(C2CC2)CC1. The highest BCUT2D eigenvalue weighted by atomic mass is 79.9. The highest BCUT2D eigenvalue weighted by Crippen LogP contribution is 2.29. The van der Waals surface area contributed by atoms with E-state index in [1.807, 2.05) is 23.6 Å². The van der Waals surface area contributed by atoms with Crippen molar-refractivity contribution in [3.8, 4) is 10.6 Å². The molecule has 1 aliphatic heterocycles. The van der Waals surface area contributed by atoms with Gasteiger partial charge in [0, 0.05) is 40.6 Å². The lowest BCUT2D eigenvalue weighted by Crippen LogP contribution is -2.45. The second kappa shape index (κ2) is 7.56. The van der Waals surface area contributed by atoms with Gasteiger partial charge in [-0.25, -0.2) is 4.98 Å². The van der Waals surface area contributed by atoms with Crippen LogP contribution in [0, 0.1) is 0 Å². The second-order valence-corrected chi connectivity index (χ2v) is 8.71. The van der Waals surface area contributed by atoms with Crippen LogP contribution in [0.2, 0.25) is 0 Å². The highest BCUT2D eigenvalue weighted by molar-refractivity contribution is 9.10. The van der Waals surface area contributed by atoms with Crippen LogP contribution in [-0.2, 0) is 11.2 Å². The summed E-state index contributed by atoms with van der Waals surface area (Å²) in [6.07, 6.45) is 5.24. The summed E-state index contributed by atoms with van der Waals surface area (Å²) in [5.74, 6) is 0.0935. The number of carbonyl (C=O) groups is 1. The number of nitrogens with zero attached hydrogens (tertiary/aromatic N) is 2. The van der Waals surface area contributed by atoms with Gasteiger partial charge in [-0.1, -0.05) is 28.1 Å². The Balaban J connectivity index is 1.29. The summed E-state index contributed by atoms with van der Waals surface area (Å²) in [7, 11) is 0. The number of nitrogens with one attached hydrogen (secondary N) is 1. The maximum Gasteiger partial charge on any atom is 0.226 e. The van der Waals surface area contributed by atoms with E-state index in [0.717, 1.165) is 52.7 Å². The molecular weight excluding hydrogens is 398 g/mol. The topological polar surface area (TPSA) is 45.2 Å². The third-order valence-corrected chi connectivity index (χ3v) is 6.36. The molecule has 4 nitrogen and oxygen atoms in total. The molecule has 0 unspecified atom stereocenters. The Labute approximate surface area is 160 Å². The van der Waals surface area contributed by atoms with Crippen molar-refractivity contribution in [1.29, 1.82) is 0 Å². The lowest BCUT2D eigenvalue weighted by Gasteiger charge is -2.32. The second-order valence-electron chi connectivity index (χ2n) is 6.94. The molecular formula is C19H22BrN3OS. The number of thiazole rings is 1. The van der Waals surface area contributed by atoms with Crippen molar-refractivity contribution in [1.82, 2.24) is 15.2 Å². The Hall–Kier alpha value is -1.24. The predicted octanol–water partition coefficient (Wildman–Crippen LogP) is 3.86. The van der Waals surface area contributed by atoms with E-state index in [4.69, 9.17) is 0 Å². The number of piperidine rings is 1. The average molecular weight is 420 g/mol. The van der Waals surface area contributed by atoms with Crippen LogP contribution >= 0.6 is 27.3 Å². The Morgan fingerprint density at radius 1 is 1.28 bits per heavy atom. The van der Waals surface area contributed by atoms with Crippen LogP contribution in [0.5, 0.6) is 0 Å². The summed E-state index contributed by atoms with van der Waals surface area (Å²) in [5.41, 5.74) is 1.94. The number of benzene rings is 1. The summed E-state index contributed by atoms with van der Waals surface area (Å²) in [5, 5.41) is 6.15. The number of hydrogen-bond donors (Lipinski definition) is 1. The van der Waals surface area contributed by atoms with E-state index in [1.165, 1.54) is 12.8 Å². The number of aromatic nitrogens is 1. The summed E-state index contributed by atoms with van der Waals surface area (Å²) in [6.45, 7) is 2.25. The van der Waals surface area contributed by atoms with Crippen molar-refractivity contribution in [3.05, 3.63) is 39.8 Å². The summed E-state index contributed by atoms with van der Waals surface area (Å²) in [4.78, 5) is 19.5. The first-order valence-corrected chi connectivity index (χ1v) is 10.6. The zero-order valence-electron chi connectivity index (χ0n) is 14.1. The Morgan fingerprint density at radius 2 is 2.08 bits per heavy atom. The fourth-order valence-corrected chi connectivity index (χ4v) is 4.65. The first-order chi connectivity index (χ1) is 12.2.